The molecule has 138 valence electrons. The van der Waals surface area contributed by atoms with Crippen molar-refractivity contribution in [2.75, 3.05) is 46.8 Å². The molecule has 0 N–H and O–H groups in total. The molecule has 25 heavy (non-hydrogen) atoms. The number of hydrogen-bond acceptors (Lipinski definition) is 5. The zero-order valence-corrected chi connectivity index (χ0v) is 16.2. The van der Waals surface area contributed by atoms with Crippen molar-refractivity contribution in [2.24, 2.45) is 0 Å². The monoisotopic (exact) mass is 364 g/mol. The number of rotatable bonds is 8. The summed E-state index contributed by atoms with van der Waals surface area (Å²) in [6, 6.07) is 8.49. The van der Waals surface area contributed by atoms with E-state index < -0.39 is 10.0 Å². The van der Waals surface area contributed by atoms with Crippen molar-refractivity contribution >= 4 is 10.0 Å². The molecule has 0 amide bonds. The summed E-state index contributed by atoms with van der Waals surface area (Å²) in [6.07, 6.45) is 2.16. The lowest BCUT2D eigenvalue weighted by molar-refractivity contribution is 0.220. The third kappa shape index (κ3) is 5.02. The minimum atomic E-state index is -3.57. The van der Waals surface area contributed by atoms with E-state index in [-0.39, 0.29) is 10.9 Å². The molecular weight excluding hydrogens is 336 g/mol. The van der Waals surface area contributed by atoms with E-state index in [0.29, 0.717) is 25.2 Å². The molecule has 0 unspecified atom stereocenters. The molecule has 0 spiro atoms. The number of nitriles is 1. The first kappa shape index (κ1) is 19.9. The Labute approximate surface area is 151 Å². The SMILES string of the molecule is CCN1CCC[C@H]1CN(CCN(C)C)S(=O)(=O)c1ccc(C#N)cc1. The van der Waals surface area contributed by atoms with Crippen molar-refractivity contribution in [3.8, 4) is 6.07 Å². The van der Waals surface area contributed by atoms with E-state index in [0.717, 1.165) is 25.9 Å². The van der Waals surface area contributed by atoms with E-state index >= 15 is 0 Å². The summed E-state index contributed by atoms with van der Waals surface area (Å²) in [6.45, 7) is 5.77. The lowest BCUT2D eigenvalue weighted by atomic mass is 10.2. The highest BCUT2D eigenvalue weighted by Crippen LogP contribution is 2.22. The fraction of sp³-hybridized carbons (Fsp3) is 0.611. The van der Waals surface area contributed by atoms with Crippen LogP contribution < -0.4 is 0 Å². The van der Waals surface area contributed by atoms with Crippen LogP contribution in [0.15, 0.2) is 29.2 Å². The second-order valence-electron chi connectivity index (χ2n) is 6.73. The van der Waals surface area contributed by atoms with Crippen LogP contribution in [0.5, 0.6) is 0 Å². The number of likely N-dealkylation sites (tertiary alicyclic amines) is 1. The van der Waals surface area contributed by atoms with Gasteiger partial charge < -0.3 is 4.90 Å². The van der Waals surface area contributed by atoms with Gasteiger partial charge in [0.05, 0.1) is 16.5 Å². The number of sulfonamides is 1. The van der Waals surface area contributed by atoms with Crippen molar-refractivity contribution in [2.45, 2.75) is 30.7 Å². The topological polar surface area (TPSA) is 67.7 Å². The van der Waals surface area contributed by atoms with Gasteiger partial charge >= 0.3 is 0 Å². The molecular formula is C18H28N4O2S. The van der Waals surface area contributed by atoms with Gasteiger partial charge in [0.2, 0.25) is 10.0 Å². The molecule has 1 fully saturated rings. The van der Waals surface area contributed by atoms with Crippen molar-refractivity contribution in [1.82, 2.24) is 14.1 Å². The van der Waals surface area contributed by atoms with Gasteiger partial charge in [-0.3, -0.25) is 4.90 Å². The maximum absolute atomic E-state index is 13.1. The summed E-state index contributed by atoms with van der Waals surface area (Å²) in [5, 5.41) is 8.91. The molecule has 6 nitrogen and oxygen atoms in total. The van der Waals surface area contributed by atoms with Gasteiger partial charge in [-0.15, -0.1) is 0 Å². The normalized spacial score (nSPS) is 18.8. The van der Waals surface area contributed by atoms with Gasteiger partial charge in [-0.2, -0.15) is 9.57 Å². The lowest BCUT2D eigenvalue weighted by Gasteiger charge is -2.30. The van der Waals surface area contributed by atoms with Gasteiger partial charge in [0.15, 0.2) is 0 Å². The standard InChI is InChI=1S/C18H28N4O2S/c1-4-21-11-5-6-17(21)15-22(13-12-20(2)3)25(23,24)18-9-7-16(14-19)8-10-18/h7-10,17H,4-6,11-13,15H2,1-3H3/t17-/m0/s1. The van der Waals surface area contributed by atoms with E-state index in [1.54, 1.807) is 16.4 Å². The predicted octanol–water partition coefficient (Wildman–Crippen LogP) is 1.59. The Bertz CT molecular complexity index is 695. The fourth-order valence-corrected chi connectivity index (χ4v) is 4.69. The molecule has 1 atom stereocenters. The van der Waals surface area contributed by atoms with Crippen molar-refractivity contribution in [1.29, 1.82) is 5.26 Å². The molecule has 0 aliphatic carbocycles. The first-order valence-electron chi connectivity index (χ1n) is 8.77. The Balaban J connectivity index is 2.24. The number of benzene rings is 1. The second kappa shape index (κ2) is 8.77. The molecule has 1 aromatic rings. The highest BCUT2D eigenvalue weighted by molar-refractivity contribution is 7.89. The van der Waals surface area contributed by atoms with Crippen LogP contribution in [0.2, 0.25) is 0 Å². The van der Waals surface area contributed by atoms with Crippen LogP contribution in [0.1, 0.15) is 25.3 Å². The molecule has 0 saturated carbocycles. The molecule has 1 heterocycles. The van der Waals surface area contributed by atoms with Gasteiger partial charge in [0.1, 0.15) is 0 Å². The van der Waals surface area contributed by atoms with Gasteiger partial charge in [-0.25, -0.2) is 8.42 Å². The summed E-state index contributed by atoms with van der Waals surface area (Å²) < 4.78 is 27.9. The minimum absolute atomic E-state index is 0.256. The number of hydrogen-bond donors (Lipinski definition) is 0. The summed E-state index contributed by atoms with van der Waals surface area (Å²) in [4.78, 5) is 4.61. The first-order chi connectivity index (χ1) is 11.9. The summed E-state index contributed by atoms with van der Waals surface area (Å²) in [5.74, 6) is 0. The Morgan fingerprint density at radius 1 is 1.24 bits per heavy atom. The van der Waals surface area contributed by atoms with Gasteiger partial charge in [0, 0.05) is 25.7 Å². The van der Waals surface area contributed by atoms with Crippen molar-refractivity contribution in [3.05, 3.63) is 29.8 Å². The van der Waals surface area contributed by atoms with E-state index in [1.165, 1.54) is 12.1 Å². The number of nitrogens with zero attached hydrogens (tertiary/aromatic N) is 4. The summed E-state index contributed by atoms with van der Waals surface area (Å²) in [7, 11) is 0.319. The van der Waals surface area contributed by atoms with Crippen LogP contribution in [0.3, 0.4) is 0 Å². The van der Waals surface area contributed by atoms with E-state index in [4.69, 9.17) is 5.26 Å². The van der Waals surface area contributed by atoms with Gasteiger partial charge in [-0.1, -0.05) is 6.92 Å². The Morgan fingerprint density at radius 3 is 2.48 bits per heavy atom. The largest absolute Gasteiger partial charge is 0.308 e. The Hall–Kier alpha value is -1.46. The van der Waals surface area contributed by atoms with Crippen LogP contribution in [-0.4, -0.2) is 75.4 Å². The molecule has 1 aliphatic rings. The molecule has 0 bridgehead atoms. The van der Waals surface area contributed by atoms with Crippen LogP contribution in [0, 0.1) is 11.3 Å². The van der Waals surface area contributed by atoms with Crippen molar-refractivity contribution < 1.29 is 8.42 Å². The Morgan fingerprint density at radius 2 is 1.92 bits per heavy atom. The molecule has 0 radical (unpaired) electrons. The maximum Gasteiger partial charge on any atom is 0.243 e. The third-order valence-electron chi connectivity index (χ3n) is 4.74. The quantitative estimate of drug-likeness (QED) is 0.701. The van der Waals surface area contributed by atoms with Crippen LogP contribution in [-0.2, 0) is 10.0 Å². The smallest absolute Gasteiger partial charge is 0.243 e. The zero-order valence-electron chi connectivity index (χ0n) is 15.4. The number of likely N-dealkylation sites (N-methyl/N-ethyl adjacent to an activating group) is 2. The van der Waals surface area contributed by atoms with Crippen LogP contribution >= 0.6 is 0 Å². The average Bonchev–Trinajstić information content (AvgIpc) is 3.05. The van der Waals surface area contributed by atoms with E-state index in [9.17, 15) is 8.42 Å². The predicted molar refractivity (Wildman–Crippen MR) is 98.7 cm³/mol. The third-order valence-corrected chi connectivity index (χ3v) is 6.62. The van der Waals surface area contributed by atoms with Gasteiger partial charge in [0.25, 0.3) is 0 Å². The van der Waals surface area contributed by atoms with Crippen molar-refractivity contribution in [3.63, 3.8) is 0 Å². The molecule has 2 rings (SSSR count). The van der Waals surface area contributed by atoms with Crippen LogP contribution in [0.25, 0.3) is 0 Å². The molecule has 1 aromatic carbocycles. The van der Waals surface area contributed by atoms with Crippen LogP contribution in [0.4, 0.5) is 0 Å². The fourth-order valence-electron chi connectivity index (χ4n) is 3.22. The lowest BCUT2D eigenvalue weighted by Crippen LogP contribution is -2.45. The maximum atomic E-state index is 13.1. The highest BCUT2D eigenvalue weighted by atomic mass is 32.2. The highest BCUT2D eigenvalue weighted by Gasteiger charge is 2.31. The zero-order chi connectivity index (χ0) is 18.4. The summed E-state index contributed by atoms with van der Waals surface area (Å²) in [5.41, 5.74) is 0.465. The Kier molecular flexibility index (Phi) is 6.96. The van der Waals surface area contributed by atoms with E-state index in [2.05, 4.69) is 11.8 Å². The average molecular weight is 365 g/mol. The van der Waals surface area contributed by atoms with Gasteiger partial charge in [-0.05, 0) is 64.3 Å². The molecule has 1 aliphatic heterocycles. The molecule has 0 aromatic heterocycles. The minimum Gasteiger partial charge on any atom is -0.308 e. The first-order valence-corrected chi connectivity index (χ1v) is 10.2. The second-order valence-corrected chi connectivity index (χ2v) is 8.67. The van der Waals surface area contributed by atoms with E-state index in [1.807, 2.05) is 25.1 Å². The molecule has 1 saturated heterocycles. The summed E-state index contributed by atoms with van der Waals surface area (Å²) >= 11 is 0. The molecule has 7 heteroatoms.